The lowest BCUT2D eigenvalue weighted by atomic mass is 10.1. The number of hydrogen-bond donors (Lipinski definition) is 0. The Bertz CT molecular complexity index is 909. The Balaban J connectivity index is 2.03. The average molecular weight is 423 g/mol. The molecule has 0 bridgehead atoms. The van der Waals surface area contributed by atoms with Crippen molar-refractivity contribution in [3.05, 3.63) is 28.0 Å². The number of benzene rings is 1. The van der Waals surface area contributed by atoms with Crippen molar-refractivity contribution in [1.82, 2.24) is 9.97 Å². The van der Waals surface area contributed by atoms with Gasteiger partial charge in [0.25, 0.3) is 0 Å². The van der Waals surface area contributed by atoms with Gasteiger partial charge in [-0.3, -0.25) is 9.69 Å². The van der Waals surface area contributed by atoms with Gasteiger partial charge >= 0.3 is 10.2 Å². The number of carbonyl (C=O) groups is 1. The van der Waals surface area contributed by atoms with Crippen molar-refractivity contribution in [2.75, 3.05) is 17.2 Å². The maximum Gasteiger partial charge on any atom is 0.302 e. The number of rotatable bonds is 3. The molecule has 0 saturated carbocycles. The second-order valence-corrected chi connectivity index (χ2v) is 7.92. The van der Waals surface area contributed by atoms with Gasteiger partial charge in [0.05, 0.1) is 11.3 Å². The standard InChI is InChI=1S/C13H10BrClFN3O3S/c14-8-1-2-10-9(4-8)12(18-13(15)17-10)19-5-7(3-11(19)20)6-23(16,21)22/h1-2,4,7H,3,5-6H2. The topological polar surface area (TPSA) is 80.2 Å². The highest BCUT2D eigenvalue weighted by Crippen LogP contribution is 2.32. The number of anilines is 1. The summed E-state index contributed by atoms with van der Waals surface area (Å²) in [7, 11) is -4.64. The monoisotopic (exact) mass is 421 g/mol. The van der Waals surface area contributed by atoms with Crippen LogP contribution in [0.5, 0.6) is 0 Å². The fourth-order valence-corrected chi connectivity index (χ4v) is 3.96. The van der Waals surface area contributed by atoms with Crippen molar-refractivity contribution in [3.63, 3.8) is 0 Å². The third kappa shape index (κ3) is 3.61. The maximum absolute atomic E-state index is 12.9. The van der Waals surface area contributed by atoms with E-state index in [4.69, 9.17) is 11.6 Å². The lowest BCUT2D eigenvalue weighted by molar-refractivity contribution is -0.117. The predicted molar refractivity (Wildman–Crippen MR) is 87.6 cm³/mol. The second kappa shape index (κ2) is 5.95. The van der Waals surface area contributed by atoms with E-state index >= 15 is 0 Å². The van der Waals surface area contributed by atoms with Gasteiger partial charge in [-0.05, 0) is 29.8 Å². The molecule has 1 amide bonds. The molecule has 1 fully saturated rings. The summed E-state index contributed by atoms with van der Waals surface area (Å²) in [5, 5.41) is 0.574. The van der Waals surface area contributed by atoms with Crippen LogP contribution in [0.25, 0.3) is 10.9 Å². The van der Waals surface area contributed by atoms with E-state index < -0.39 is 21.9 Å². The molecule has 3 rings (SSSR count). The second-order valence-electron chi connectivity index (χ2n) is 5.26. The van der Waals surface area contributed by atoms with Crippen LogP contribution in [0.2, 0.25) is 5.28 Å². The minimum atomic E-state index is -4.64. The Morgan fingerprint density at radius 1 is 1.39 bits per heavy atom. The SMILES string of the molecule is O=C1CC(CS(=O)(=O)F)CN1c1nc(Cl)nc2ccc(Br)cc12. The Morgan fingerprint density at radius 2 is 2.13 bits per heavy atom. The molecule has 23 heavy (non-hydrogen) atoms. The molecule has 6 nitrogen and oxygen atoms in total. The first-order chi connectivity index (χ1) is 10.7. The molecular weight excluding hydrogens is 413 g/mol. The van der Waals surface area contributed by atoms with E-state index in [1.54, 1.807) is 18.2 Å². The van der Waals surface area contributed by atoms with Crippen LogP contribution in [0.1, 0.15) is 6.42 Å². The Hall–Kier alpha value is -1.32. The third-order valence-electron chi connectivity index (χ3n) is 3.51. The number of hydrogen-bond acceptors (Lipinski definition) is 5. The van der Waals surface area contributed by atoms with Crippen LogP contribution in [0.3, 0.4) is 0 Å². The molecule has 0 aliphatic carbocycles. The molecule has 0 spiro atoms. The van der Waals surface area contributed by atoms with Gasteiger partial charge in [-0.15, -0.1) is 3.89 Å². The fourth-order valence-electron chi connectivity index (χ4n) is 2.64. The first-order valence-corrected chi connectivity index (χ1v) is 9.31. The zero-order valence-electron chi connectivity index (χ0n) is 11.5. The van der Waals surface area contributed by atoms with Crippen LogP contribution in [0, 0.1) is 5.92 Å². The van der Waals surface area contributed by atoms with E-state index in [1.165, 1.54) is 4.90 Å². The van der Waals surface area contributed by atoms with Crippen molar-refractivity contribution in [2.24, 2.45) is 5.92 Å². The van der Waals surface area contributed by atoms with Crippen LogP contribution in [0.4, 0.5) is 9.70 Å². The van der Waals surface area contributed by atoms with Crippen LogP contribution >= 0.6 is 27.5 Å². The molecule has 1 saturated heterocycles. The van der Waals surface area contributed by atoms with Gasteiger partial charge in [-0.2, -0.15) is 13.4 Å². The van der Waals surface area contributed by atoms with E-state index in [2.05, 4.69) is 25.9 Å². The number of halogens is 3. The highest BCUT2D eigenvalue weighted by Gasteiger charge is 2.35. The molecule has 0 N–H and O–H groups in total. The van der Waals surface area contributed by atoms with Crippen LogP contribution in [0.15, 0.2) is 22.7 Å². The van der Waals surface area contributed by atoms with Gasteiger partial charge in [-0.1, -0.05) is 15.9 Å². The number of fused-ring (bicyclic) bond motifs is 1. The summed E-state index contributed by atoms with van der Waals surface area (Å²) < 4.78 is 35.2. The highest BCUT2D eigenvalue weighted by molar-refractivity contribution is 9.10. The number of carbonyl (C=O) groups excluding carboxylic acids is 1. The molecule has 2 aromatic rings. The van der Waals surface area contributed by atoms with Gasteiger partial charge in [0.1, 0.15) is 5.82 Å². The summed E-state index contributed by atoms with van der Waals surface area (Å²) in [5.41, 5.74) is 0.553. The minimum Gasteiger partial charge on any atom is -0.296 e. The molecule has 1 aliphatic rings. The van der Waals surface area contributed by atoms with Crippen molar-refractivity contribution in [1.29, 1.82) is 0 Å². The van der Waals surface area contributed by atoms with Crippen molar-refractivity contribution >= 4 is 60.4 Å². The molecule has 1 atom stereocenters. The number of aromatic nitrogens is 2. The molecule has 2 heterocycles. The molecule has 1 aliphatic heterocycles. The lowest BCUT2D eigenvalue weighted by Gasteiger charge is -2.17. The molecule has 122 valence electrons. The van der Waals surface area contributed by atoms with Gasteiger partial charge in [0.2, 0.25) is 11.2 Å². The molecule has 1 aromatic heterocycles. The zero-order chi connectivity index (χ0) is 16.8. The predicted octanol–water partition coefficient (Wildman–Crippen LogP) is 2.70. The summed E-state index contributed by atoms with van der Waals surface area (Å²) in [5.74, 6) is -1.33. The van der Waals surface area contributed by atoms with E-state index in [1.807, 2.05) is 0 Å². The fraction of sp³-hybridized carbons (Fsp3) is 0.308. The van der Waals surface area contributed by atoms with E-state index in [9.17, 15) is 17.1 Å². The van der Waals surface area contributed by atoms with Crippen LogP contribution < -0.4 is 4.90 Å². The molecule has 1 aromatic carbocycles. The lowest BCUT2D eigenvalue weighted by Crippen LogP contribution is -2.26. The quantitative estimate of drug-likeness (QED) is 0.561. The summed E-state index contributed by atoms with van der Waals surface area (Å²) in [6.07, 6.45) is -0.0553. The van der Waals surface area contributed by atoms with E-state index in [0.717, 1.165) is 4.47 Å². The zero-order valence-corrected chi connectivity index (χ0v) is 14.7. The van der Waals surface area contributed by atoms with Gasteiger partial charge in [0.15, 0.2) is 0 Å². The van der Waals surface area contributed by atoms with E-state index in [-0.39, 0.29) is 24.2 Å². The molecule has 1 unspecified atom stereocenters. The maximum atomic E-state index is 12.9. The normalized spacial score (nSPS) is 18.8. The van der Waals surface area contributed by atoms with Gasteiger partial charge < -0.3 is 0 Å². The van der Waals surface area contributed by atoms with Crippen molar-refractivity contribution in [3.8, 4) is 0 Å². The third-order valence-corrected chi connectivity index (χ3v) is 5.04. The highest BCUT2D eigenvalue weighted by atomic mass is 79.9. The Labute approximate surface area is 145 Å². The van der Waals surface area contributed by atoms with Gasteiger partial charge in [0, 0.05) is 28.7 Å². The van der Waals surface area contributed by atoms with E-state index in [0.29, 0.717) is 16.7 Å². The summed E-state index contributed by atoms with van der Waals surface area (Å²) in [6, 6.07) is 5.24. The number of amides is 1. The van der Waals surface area contributed by atoms with Crippen LogP contribution in [-0.4, -0.2) is 36.6 Å². The average Bonchev–Trinajstić information content (AvgIpc) is 2.76. The smallest absolute Gasteiger partial charge is 0.296 e. The first-order valence-electron chi connectivity index (χ1n) is 6.58. The van der Waals surface area contributed by atoms with Crippen molar-refractivity contribution < 1.29 is 17.1 Å². The van der Waals surface area contributed by atoms with Crippen molar-refractivity contribution in [2.45, 2.75) is 6.42 Å². The van der Waals surface area contributed by atoms with Crippen LogP contribution in [-0.2, 0) is 15.0 Å². The Morgan fingerprint density at radius 3 is 2.83 bits per heavy atom. The molecule has 0 radical (unpaired) electrons. The largest absolute Gasteiger partial charge is 0.302 e. The molecular formula is C13H10BrClFN3O3S. The minimum absolute atomic E-state index is 0.0239. The summed E-state index contributed by atoms with van der Waals surface area (Å²) >= 11 is 9.24. The summed E-state index contributed by atoms with van der Waals surface area (Å²) in [4.78, 5) is 21.7. The van der Waals surface area contributed by atoms with Gasteiger partial charge in [-0.25, -0.2) is 4.98 Å². The number of nitrogens with zero attached hydrogens (tertiary/aromatic N) is 3. The Kier molecular flexibility index (Phi) is 4.28. The summed E-state index contributed by atoms with van der Waals surface area (Å²) in [6.45, 7) is 0.0664. The first kappa shape index (κ1) is 16.5. The molecule has 10 heteroatoms.